The number of para-hydroxylation sites is 1. The average molecular weight is 290 g/mol. The van der Waals surface area contributed by atoms with E-state index in [-0.39, 0.29) is 5.91 Å². The van der Waals surface area contributed by atoms with Gasteiger partial charge in [0.05, 0.1) is 7.11 Å². The average Bonchev–Trinajstić information content (AvgIpc) is 2.52. The third-order valence-corrected chi connectivity index (χ3v) is 4.20. The Morgan fingerprint density at radius 3 is 2.76 bits per heavy atom. The molecule has 21 heavy (non-hydrogen) atoms. The fourth-order valence-electron chi connectivity index (χ4n) is 2.68. The third-order valence-electron chi connectivity index (χ3n) is 4.20. The van der Waals surface area contributed by atoms with Crippen LogP contribution in [0.15, 0.2) is 24.3 Å². The van der Waals surface area contributed by atoms with Crippen LogP contribution in [-0.4, -0.2) is 37.6 Å². The molecule has 1 aliphatic rings. The Kier molecular flexibility index (Phi) is 6.05. The van der Waals surface area contributed by atoms with Crippen LogP contribution in [0, 0.1) is 5.92 Å². The number of benzene rings is 1. The monoisotopic (exact) mass is 290 g/mol. The minimum Gasteiger partial charge on any atom is -0.496 e. The van der Waals surface area contributed by atoms with E-state index in [1.54, 1.807) is 7.11 Å². The second-order valence-corrected chi connectivity index (χ2v) is 5.86. The van der Waals surface area contributed by atoms with Crippen LogP contribution in [0.1, 0.15) is 31.7 Å². The smallest absolute Gasteiger partial charge is 0.221 e. The molecule has 4 nitrogen and oxygen atoms in total. The number of ether oxygens (including phenoxy) is 1. The molecule has 0 aromatic heterocycles. The Labute approximate surface area is 127 Å². The van der Waals surface area contributed by atoms with Crippen LogP contribution < -0.4 is 10.1 Å². The van der Waals surface area contributed by atoms with Crippen molar-refractivity contribution in [1.82, 2.24) is 10.2 Å². The highest BCUT2D eigenvalue weighted by Gasteiger charge is 2.16. The van der Waals surface area contributed by atoms with Crippen LogP contribution in [0.2, 0.25) is 0 Å². The molecule has 116 valence electrons. The molecule has 2 rings (SSSR count). The van der Waals surface area contributed by atoms with E-state index >= 15 is 0 Å². The van der Waals surface area contributed by atoms with E-state index in [0.29, 0.717) is 13.0 Å². The summed E-state index contributed by atoms with van der Waals surface area (Å²) in [4.78, 5) is 14.3. The fourth-order valence-corrected chi connectivity index (χ4v) is 2.68. The van der Waals surface area contributed by atoms with E-state index in [1.165, 1.54) is 12.8 Å². The molecule has 1 N–H and O–H groups in total. The SMILES string of the molecule is COc1ccccc1CNC(=O)CCN1CCC(C)CC1. The van der Waals surface area contributed by atoms with Gasteiger partial charge in [-0.3, -0.25) is 4.79 Å². The predicted molar refractivity (Wildman–Crippen MR) is 84.3 cm³/mol. The second-order valence-electron chi connectivity index (χ2n) is 5.86. The van der Waals surface area contributed by atoms with Crippen LogP contribution in [0.4, 0.5) is 0 Å². The molecule has 1 aromatic rings. The first-order valence-corrected chi connectivity index (χ1v) is 7.80. The van der Waals surface area contributed by atoms with E-state index in [9.17, 15) is 4.79 Å². The van der Waals surface area contributed by atoms with Crippen molar-refractivity contribution in [3.05, 3.63) is 29.8 Å². The quantitative estimate of drug-likeness (QED) is 0.875. The standard InChI is InChI=1S/C17H26N2O2/c1-14-7-10-19(11-8-14)12-9-17(20)18-13-15-5-3-4-6-16(15)21-2/h3-6,14H,7-13H2,1-2H3,(H,18,20). The van der Waals surface area contributed by atoms with Gasteiger partial charge in [0.25, 0.3) is 0 Å². The number of piperidine rings is 1. The van der Waals surface area contributed by atoms with Gasteiger partial charge in [0.15, 0.2) is 0 Å². The number of likely N-dealkylation sites (tertiary alicyclic amines) is 1. The van der Waals surface area contributed by atoms with Crippen molar-refractivity contribution in [2.45, 2.75) is 32.7 Å². The van der Waals surface area contributed by atoms with Crippen LogP contribution in [0.25, 0.3) is 0 Å². The highest BCUT2D eigenvalue weighted by Crippen LogP contribution is 2.17. The van der Waals surface area contributed by atoms with E-state index in [0.717, 1.165) is 36.9 Å². The van der Waals surface area contributed by atoms with Gasteiger partial charge < -0.3 is 15.0 Å². The van der Waals surface area contributed by atoms with Crippen LogP contribution in [-0.2, 0) is 11.3 Å². The summed E-state index contributed by atoms with van der Waals surface area (Å²) in [7, 11) is 1.65. The molecule has 1 aliphatic heterocycles. The molecule has 0 bridgehead atoms. The molecule has 1 heterocycles. The van der Waals surface area contributed by atoms with E-state index in [4.69, 9.17) is 4.74 Å². The van der Waals surface area contributed by atoms with Gasteiger partial charge in [-0.05, 0) is 37.9 Å². The Balaban J connectivity index is 1.70. The summed E-state index contributed by atoms with van der Waals surface area (Å²) in [6.45, 7) is 5.95. The first kappa shape index (κ1) is 15.8. The van der Waals surface area contributed by atoms with Gasteiger partial charge in [-0.1, -0.05) is 25.1 Å². The molecule has 1 fully saturated rings. The van der Waals surface area contributed by atoms with Crippen molar-refractivity contribution in [3.8, 4) is 5.75 Å². The zero-order valence-corrected chi connectivity index (χ0v) is 13.1. The van der Waals surface area contributed by atoms with Gasteiger partial charge in [-0.15, -0.1) is 0 Å². The second kappa shape index (κ2) is 8.03. The first-order chi connectivity index (χ1) is 10.2. The molecule has 0 spiro atoms. The number of carbonyl (C=O) groups excluding carboxylic acids is 1. The Morgan fingerprint density at radius 2 is 2.05 bits per heavy atom. The molecule has 0 aliphatic carbocycles. The Morgan fingerprint density at radius 1 is 1.33 bits per heavy atom. The number of hydrogen-bond donors (Lipinski definition) is 1. The molecule has 0 saturated carbocycles. The van der Waals surface area contributed by atoms with E-state index < -0.39 is 0 Å². The number of rotatable bonds is 6. The topological polar surface area (TPSA) is 41.6 Å². The lowest BCUT2D eigenvalue weighted by molar-refractivity contribution is -0.121. The van der Waals surface area contributed by atoms with Gasteiger partial charge in [-0.2, -0.15) is 0 Å². The number of amides is 1. The molecule has 1 aromatic carbocycles. The number of carbonyl (C=O) groups is 1. The Hall–Kier alpha value is -1.55. The zero-order chi connectivity index (χ0) is 15.1. The Bertz CT molecular complexity index is 454. The minimum absolute atomic E-state index is 0.111. The van der Waals surface area contributed by atoms with Gasteiger partial charge in [0.1, 0.15) is 5.75 Å². The molecule has 1 amide bonds. The summed E-state index contributed by atoms with van der Waals surface area (Å²) >= 11 is 0. The van der Waals surface area contributed by atoms with Crippen molar-refractivity contribution in [2.75, 3.05) is 26.7 Å². The molecule has 0 radical (unpaired) electrons. The largest absolute Gasteiger partial charge is 0.496 e. The van der Waals surface area contributed by atoms with Crippen molar-refractivity contribution >= 4 is 5.91 Å². The highest BCUT2D eigenvalue weighted by molar-refractivity contribution is 5.76. The summed E-state index contributed by atoms with van der Waals surface area (Å²) in [6, 6.07) is 7.78. The molecule has 1 saturated heterocycles. The summed E-state index contributed by atoms with van der Waals surface area (Å²) in [5.74, 6) is 1.77. The summed E-state index contributed by atoms with van der Waals surface area (Å²) < 4.78 is 5.28. The van der Waals surface area contributed by atoms with Crippen molar-refractivity contribution in [1.29, 1.82) is 0 Å². The fraction of sp³-hybridized carbons (Fsp3) is 0.588. The maximum Gasteiger partial charge on any atom is 0.221 e. The maximum atomic E-state index is 11.9. The van der Waals surface area contributed by atoms with Gasteiger partial charge in [-0.25, -0.2) is 0 Å². The number of methoxy groups -OCH3 is 1. The predicted octanol–water partition coefficient (Wildman–Crippen LogP) is 2.43. The summed E-state index contributed by atoms with van der Waals surface area (Å²) in [5.41, 5.74) is 1.01. The van der Waals surface area contributed by atoms with Gasteiger partial charge >= 0.3 is 0 Å². The maximum absolute atomic E-state index is 11.9. The minimum atomic E-state index is 0.111. The van der Waals surface area contributed by atoms with Crippen molar-refractivity contribution in [2.24, 2.45) is 5.92 Å². The lowest BCUT2D eigenvalue weighted by atomic mass is 9.99. The number of hydrogen-bond acceptors (Lipinski definition) is 3. The number of nitrogens with one attached hydrogen (secondary N) is 1. The molecule has 0 atom stereocenters. The van der Waals surface area contributed by atoms with E-state index in [1.807, 2.05) is 24.3 Å². The van der Waals surface area contributed by atoms with Gasteiger partial charge in [0.2, 0.25) is 5.91 Å². The molecule has 4 heteroatoms. The normalized spacial score (nSPS) is 16.7. The zero-order valence-electron chi connectivity index (χ0n) is 13.1. The summed E-state index contributed by atoms with van der Waals surface area (Å²) in [6.07, 6.45) is 3.08. The van der Waals surface area contributed by atoms with Crippen LogP contribution in [0.5, 0.6) is 5.75 Å². The summed E-state index contributed by atoms with van der Waals surface area (Å²) in [5, 5.41) is 2.98. The highest BCUT2D eigenvalue weighted by atomic mass is 16.5. The van der Waals surface area contributed by atoms with Crippen LogP contribution >= 0.6 is 0 Å². The third kappa shape index (κ3) is 5.05. The van der Waals surface area contributed by atoms with E-state index in [2.05, 4.69) is 17.1 Å². The van der Waals surface area contributed by atoms with Crippen molar-refractivity contribution in [3.63, 3.8) is 0 Å². The van der Waals surface area contributed by atoms with Crippen LogP contribution in [0.3, 0.4) is 0 Å². The van der Waals surface area contributed by atoms with Gasteiger partial charge in [0, 0.05) is 25.1 Å². The molecular weight excluding hydrogens is 264 g/mol. The first-order valence-electron chi connectivity index (χ1n) is 7.80. The lowest BCUT2D eigenvalue weighted by Crippen LogP contribution is -2.36. The number of nitrogens with zero attached hydrogens (tertiary/aromatic N) is 1. The lowest BCUT2D eigenvalue weighted by Gasteiger charge is -2.29. The van der Waals surface area contributed by atoms with Crippen molar-refractivity contribution < 1.29 is 9.53 Å². The molecule has 0 unspecified atom stereocenters. The molecular formula is C17H26N2O2.